The van der Waals surface area contributed by atoms with Crippen molar-refractivity contribution in [1.29, 1.82) is 15.8 Å². The molecular weight excluding hydrogens is 845 g/mol. The molecule has 0 N–H and O–H groups in total. The Labute approximate surface area is 399 Å². The van der Waals surface area contributed by atoms with Gasteiger partial charge in [-0.3, -0.25) is 0 Å². The summed E-state index contributed by atoms with van der Waals surface area (Å²) in [5.41, 5.74) is 13.9. The van der Waals surface area contributed by atoms with Gasteiger partial charge in [-0.25, -0.2) is 9.97 Å². The molecule has 322 valence electrons. The zero-order valence-corrected chi connectivity index (χ0v) is 37.0. The molecule has 0 amide bonds. The first-order valence-corrected chi connectivity index (χ1v) is 22.4. The monoisotopic (exact) mass is 882 g/mol. The second-order valence-electron chi connectivity index (χ2n) is 16.4. The second-order valence-corrected chi connectivity index (χ2v) is 16.4. The predicted molar refractivity (Wildman–Crippen MR) is 276 cm³/mol. The number of para-hydroxylation sites is 2. The first kappa shape index (κ1) is 41.6. The van der Waals surface area contributed by atoms with Crippen LogP contribution in [0.5, 0.6) is 0 Å². The third-order valence-corrected chi connectivity index (χ3v) is 12.3. The topological polar surface area (TPSA) is 109 Å². The maximum absolute atomic E-state index is 10.9. The molecule has 8 nitrogen and oxygen atoms in total. The fraction of sp³-hybridized carbons (Fsp3) is 0. The number of fused-ring (bicyclic) bond motifs is 3. The van der Waals surface area contributed by atoms with Crippen molar-refractivity contribution in [3.05, 3.63) is 247 Å². The number of nitriles is 3. The summed E-state index contributed by atoms with van der Waals surface area (Å²) in [4.78, 5) is 14.4. The summed E-state index contributed by atoms with van der Waals surface area (Å²) in [5.74, 6) is 0.574. The smallest absolute Gasteiger partial charge is 0.160 e. The Bertz CT molecular complexity index is 3580. The van der Waals surface area contributed by atoms with Crippen LogP contribution in [0.3, 0.4) is 0 Å². The lowest BCUT2D eigenvalue weighted by atomic mass is 10.0. The highest BCUT2D eigenvalue weighted by molar-refractivity contribution is 6.12. The Morgan fingerprint density at radius 3 is 1.28 bits per heavy atom. The Morgan fingerprint density at radius 2 is 0.797 bits per heavy atom. The summed E-state index contributed by atoms with van der Waals surface area (Å²) in [5, 5.41) is 32.2. The van der Waals surface area contributed by atoms with E-state index >= 15 is 0 Å². The molecule has 0 unspecified atom stereocenters. The molecule has 11 rings (SSSR count). The highest BCUT2D eigenvalue weighted by Crippen LogP contribution is 2.43. The number of hydrogen-bond donors (Lipinski definition) is 0. The van der Waals surface area contributed by atoms with Crippen LogP contribution in [-0.4, -0.2) is 14.5 Å². The Hall–Kier alpha value is -10.1. The van der Waals surface area contributed by atoms with E-state index in [0.29, 0.717) is 33.8 Å². The molecule has 11 aromatic rings. The van der Waals surface area contributed by atoms with Gasteiger partial charge in [0.25, 0.3) is 0 Å². The van der Waals surface area contributed by atoms with E-state index in [1.54, 1.807) is 0 Å². The highest BCUT2D eigenvalue weighted by atomic mass is 15.1. The molecule has 0 saturated carbocycles. The minimum absolute atomic E-state index is 0.472. The lowest BCUT2D eigenvalue weighted by molar-refractivity contribution is 1.16. The highest BCUT2D eigenvalue weighted by Gasteiger charge is 2.22. The predicted octanol–water partition coefficient (Wildman–Crippen LogP) is 15.1. The van der Waals surface area contributed by atoms with Gasteiger partial charge in [-0.2, -0.15) is 15.8 Å². The summed E-state index contributed by atoms with van der Waals surface area (Å²) in [6.45, 7) is 0. The summed E-state index contributed by atoms with van der Waals surface area (Å²) < 4.78 is 2.22. The first-order valence-electron chi connectivity index (χ1n) is 22.4. The number of benzene rings is 9. The van der Waals surface area contributed by atoms with E-state index in [0.717, 1.165) is 78.4 Å². The minimum Gasteiger partial charge on any atom is -0.310 e. The van der Waals surface area contributed by atoms with Crippen LogP contribution in [0.2, 0.25) is 0 Å². The molecule has 0 fully saturated rings. The van der Waals surface area contributed by atoms with E-state index in [4.69, 9.17) is 9.97 Å². The second kappa shape index (κ2) is 18.1. The van der Waals surface area contributed by atoms with Crippen molar-refractivity contribution in [1.82, 2.24) is 14.5 Å². The normalized spacial score (nSPS) is 10.9. The number of aromatic nitrogens is 3. The molecule has 0 aliphatic rings. The standard InChI is InChI=1S/C61H38N8/c62-39-42-21-25-49(26-22-42)67(47-17-9-3-10-18-47)52-30-33-59-55(36-52)56-37-53(68(48-19-11-4-12-20-48)50-27-23-43(40-63)24-28-50)31-34-60(56)69(59)51-29-32-54(46(35-51)41-64)58-38-57(44-13-5-1-6-14-44)65-61(66-58)45-15-7-2-8-16-45/h1-38H. The van der Waals surface area contributed by atoms with Crippen molar-refractivity contribution in [2.24, 2.45) is 0 Å². The van der Waals surface area contributed by atoms with Crippen molar-refractivity contribution in [3.8, 4) is 57.8 Å². The third-order valence-electron chi connectivity index (χ3n) is 12.3. The maximum Gasteiger partial charge on any atom is 0.160 e. The van der Waals surface area contributed by atoms with Gasteiger partial charge in [0.2, 0.25) is 0 Å². The third kappa shape index (κ3) is 7.96. The van der Waals surface area contributed by atoms with E-state index in [9.17, 15) is 15.8 Å². The van der Waals surface area contributed by atoms with Gasteiger partial charge < -0.3 is 14.4 Å². The van der Waals surface area contributed by atoms with Crippen LogP contribution in [-0.2, 0) is 0 Å². The van der Waals surface area contributed by atoms with Crippen LogP contribution >= 0.6 is 0 Å². The van der Waals surface area contributed by atoms with E-state index < -0.39 is 0 Å². The van der Waals surface area contributed by atoms with Crippen molar-refractivity contribution >= 4 is 55.9 Å². The van der Waals surface area contributed by atoms with Crippen molar-refractivity contribution in [2.75, 3.05) is 9.80 Å². The van der Waals surface area contributed by atoms with Gasteiger partial charge in [-0.05, 0) is 133 Å². The quantitative estimate of drug-likeness (QED) is 0.135. The van der Waals surface area contributed by atoms with Gasteiger partial charge in [0.1, 0.15) is 0 Å². The number of anilines is 6. The maximum atomic E-state index is 10.9. The number of hydrogen-bond acceptors (Lipinski definition) is 7. The molecular formula is C61H38N8. The summed E-state index contributed by atoms with van der Waals surface area (Å²) in [6, 6.07) is 83.5. The Morgan fingerprint density at radius 1 is 0.362 bits per heavy atom. The molecule has 0 aliphatic heterocycles. The van der Waals surface area contributed by atoms with Crippen LogP contribution in [0.1, 0.15) is 16.7 Å². The fourth-order valence-electron chi connectivity index (χ4n) is 9.02. The van der Waals surface area contributed by atoms with Crippen LogP contribution < -0.4 is 9.80 Å². The van der Waals surface area contributed by atoms with E-state index in [-0.39, 0.29) is 0 Å². The number of rotatable bonds is 10. The first-order chi connectivity index (χ1) is 34.1. The lowest BCUT2D eigenvalue weighted by Crippen LogP contribution is -2.10. The largest absolute Gasteiger partial charge is 0.310 e. The van der Waals surface area contributed by atoms with Crippen molar-refractivity contribution in [3.63, 3.8) is 0 Å². The average molecular weight is 883 g/mol. The van der Waals surface area contributed by atoms with Gasteiger partial charge >= 0.3 is 0 Å². The number of nitrogens with zero attached hydrogens (tertiary/aromatic N) is 8. The summed E-state index contributed by atoms with van der Waals surface area (Å²) in [7, 11) is 0. The fourth-order valence-corrected chi connectivity index (χ4v) is 9.02. The zero-order valence-electron chi connectivity index (χ0n) is 37.0. The van der Waals surface area contributed by atoms with E-state index in [2.05, 4.69) is 99.3 Å². The average Bonchev–Trinajstić information content (AvgIpc) is 3.75. The molecule has 2 heterocycles. The van der Waals surface area contributed by atoms with Crippen LogP contribution in [0.25, 0.3) is 61.4 Å². The van der Waals surface area contributed by atoms with Crippen molar-refractivity contribution in [2.45, 2.75) is 0 Å². The minimum atomic E-state index is 0.472. The van der Waals surface area contributed by atoms with Gasteiger partial charge in [-0.15, -0.1) is 0 Å². The molecule has 0 atom stereocenters. The molecule has 0 spiro atoms. The van der Waals surface area contributed by atoms with Gasteiger partial charge in [0.05, 0.1) is 57.3 Å². The molecule has 0 bridgehead atoms. The van der Waals surface area contributed by atoms with Gasteiger partial charge in [0.15, 0.2) is 5.82 Å². The Kier molecular flexibility index (Phi) is 10.9. The van der Waals surface area contributed by atoms with E-state index in [1.165, 1.54) is 0 Å². The van der Waals surface area contributed by atoms with E-state index in [1.807, 2.05) is 164 Å². The summed E-state index contributed by atoms with van der Waals surface area (Å²) >= 11 is 0. The van der Waals surface area contributed by atoms with Gasteiger partial charge in [0, 0.05) is 67.3 Å². The zero-order chi connectivity index (χ0) is 46.7. The SMILES string of the molecule is N#Cc1ccc(N(c2ccccc2)c2ccc3c(c2)c2cc(N(c4ccccc4)c4ccc(C#N)cc4)ccc2n3-c2ccc(-c3cc(-c4ccccc4)nc(-c4ccccc4)n3)c(C#N)c2)cc1. The van der Waals surface area contributed by atoms with Crippen LogP contribution in [0.4, 0.5) is 34.1 Å². The van der Waals surface area contributed by atoms with Gasteiger partial charge in [-0.1, -0.05) is 97.1 Å². The molecule has 2 aromatic heterocycles. The van der Waals surface area contributed by atoms with Crippen LogP contribution in [0.15, 0.2) is 231 Å². The van der Waals surface area contributed by atoms with Crippen molar-refractivity contribution < 1.29 is 0 Å². The molecule has 69 heavy (non-hydrogen) atoms. The molecule has 8 heteroatoms. The lowest BCUT2D eigenvalue weighted by Gasteiger charge is -2.26. The molecule has 9 aromatic carbocycles. The summed E-state index contributed by atoms with van der Waals surface area (Å²) in [6.07, 6.45) is 0. The molecule has 0 radical (unpaired) electrons. The molecule has 0 aliphatic carbocycles. The molecule has 0 saturated heterocycles. The Balaban J connectivity index is 1.12. The van der Waals surface area contributed by atoms with Crippen LogP contribution in [0, 0.1) is 34.0 Å².